The summed E-state index contributed by atoms with van der Waals surface area (Å²) < 4.78 is 21.5. The first-order valence-corrected chi connectivity index (χ1v) is 12.6. The molecule has 8 heteroatoms. The molecule has 0 unspecified atom stereocenters. The molecule has 0 radical (unpaired) electrons. The fourth-order valence-corrected chi connectivity index (χ4v) is 3.41. The first-order chi connectivity index (χ1) is 18.0. The quantitative estimate of drug-likeness (QED) is 0.270. The Kier molecular flexibility index (Phi) is 12.2. The fraction of sp³-hybridized carbons (Fsp3) is 0.433. The summed E-state index contributed by atoms with van der Waals surface area (Å²) in [6, 6.07) is 15.2. The lowest BCUT2D eigenvalue weighted by Crippen LogP contribution is -2.45. The third kappa shape index (κ3) is 11.3. The normalized spacial score (nSPS) is 13.2. The van der Waals surface area contributed by atoms with Crippen LogP contribution >= 0.6 is 0 Å². The number of aryl methyl sites for hydroxylation is 2. The van der Waals surface area contributed by atoms with E-state index in [1.54, 1.807) is 45.0 Å². The van der Waals surface area contributed by atoms with Gasteiger partial charge in [-0.1, -0.05) is 60.7 Å². The van der Waals surface area contributed by atoms with Crippen LogP contribution in [-0.4, -0.2) is 54.0 Å². The zero-order valence-corrected chi connectivity index (χ0v) is 22.8. The highest BCUT2D eigenvalue weighted by Crippen LogP contribution is 2.14. The molecule has 0 saturated heterocycles. The van der Waals surface area contributed by atoms with Gasteiger partial charge in [0.2, 0.25) is 0 Å². The molecular weight excluding hydrogens is 488 g/mol. The summed E-state index contributed by atoms with van der Waals surface area (Å²) in [4.78, 5) is 36.9. The molecule has 0 aliphatic carbocycles. The highest BCUT2D eigenvalue weighted by atomic mass is 16.6. The first kappa shape index (κ1) is 30.7. The number of esters is 2. The number of carboxylic acids is 1. The molecule has 2 aromatic rings. The Morgan fingerprint density at radius 2 is 1.66 bits per heavy atom. The second-order valence-electron chi connectivity index (χ2n) is 9.93. The second kappa shape index (κ2) is 15.1. The second-order valence-corrected chi connectivity index (χ2v) is 9.93. The lowest BCUT2D eigenvalue weighted by Gasteiger charge is -2.24. The Hall–Kier alpha value is -3.49. The van der Waals surface area contributed by atoms with Crippen LogP contribution in [0.5, 0.6) is 0 Å². The Labute approximate surface area is 224 Å². The van der Waals surface area contributed by atoms with Crippen LogP contribution in [0.4, 0.5) is 0 Å². The number of carboxylic acid groups (broad SMARTS) is 1. The number of carbonyl (C=O) groups excluding carboxylic acids is 2. The minimum Gasteiger partial charge on any atom is -0.479 e. The number of rotatable bonds is 14. The molecule has 38 heavy (non-hydrogen) atoms. The van der Waals surface area contributed by atoms with Crippen LogP contribution in [0.15, 0.2) is 54.6 Å². The van der Waals surface area contributed by atoms with Crippen LogP contribution in [-0.2, 0) is 39.9 Å². The number of carbonyl (C=O) groups is 3. The van der Waals surface area contributed by atoms with Crippen LogP contribution in [0.3, 0.4) is 0 Å². The zero-order valence-electron chi connectivity index (χ0n) is 22.8. The Bertz CT molecular complexity index is 1090. The predicted octanol–water partition coefficient (Wildman–Crippen LogP) is 5.04. The molecule has 0 aliphatic rings. The lowest BCUT2D eigenvalue weighted by molar-refractivity contribution is -0.186. The Balaban J connectivity index is 2.01. The minimum absolute atomic E-state index is 0.0589. The van der Waals surface area contributed by atoms with Gasteiger partial charge in [-0.05, 0) is 69.7 Å². The summed E-state index contributed by atoms with van der Waals surface area (Å²) in [5.74, 6) is -3.10. The molecule has 1 N–H and O–H groups in total. The van der Waals surface area contributed by atoms with E-state index in [1.165, 1.54) is 11.1 Å². The molecule has 0 bridgehead atoms. The van der Waals surface area contributed by atoms with E-state index >= 15 is 0 Å². The van der Waals surface area contributed by atoms with Gasteiger partial charge in [0.1, 0.15) is 18.8 Å². The third-order valence-corrected chi connectivity index (χ3v) is 5.43. The maximum Gasteiger partial charge on any atom is 0.338 e. The molecule has 0 aliphatic heterocycles. The molecule has 0 saturated carbocycles. The molecule has 0 amide bonds. The van der Waals surface area contributed by atoms with E-state index in [9.17, 15) is 19.5 Å². The van der Waals surface area contributed by atoms with E-state index in [-0.39, 0.29) is 13.2 Å². The molecule has 0 fully saturated rings. The van der Waals surface area contributed by atoms with Crippen LogP contribution < -0.4 is 0 Å². The van der Waals surface area contributed by atoms with Crippen LogP contribution in [0, 0.1) is 13.8 Å². The number of aliphatic carboxylic acids is 1. The summed E-state index contributed by atoms with van der Waals surface area (Å²) in [6.45, 7) is 8.53. The highest BCUT2D eigenvalue weighted by Gasteiger charge is 2.38. The van der Waals surface area contributed by atoms with Crippen molar-refractivity contribution in [2.75, 3.05) is 13.2 Å². The van der Waals surface area contributed by atoms with Crippen molar-refractivity contribution in [2.45, 2.75) is 71.9 Å². The van der Waals surface area contributed by atoms with Crippen molar-refractivity contribution in [3.63, 3.8) is 0 Å². The molecular formula is C30H38O8. The van der Waals surface area contributed by atoms with Gasteiger partial charge in [-0.2, -0.15) is 0 Å². The van der Waals surface area contributed by atoms with E-state index in [0.717, 1.165) is 11.1 Å². The van der Waals surface area contributed by atoms with Crippen molar-refractivity contribution in [3.05, 3.63) is 76.9 Å². The van der Waals surface area contributed by atoms with Crippen molar-refractivity contribution >= 4 is 24.0 Å². The maximum atomic E-state index is 12.9. The molecule has 0 heterocycles. The summed E-state index contributed by atoms with van der Waals surface area (Å²) >= 11 is 0. The van der Waals surface area contributed by atoms with Crippen molar-refractivity contribution in [3.8, 4) is 0 Å². The van der Waals surface area contributed by atoms with E-state index in [2.05, 4.69) is 26.0 Å². The third-order valence-electron chi connectivity index (χ3n) is 5.43. The van der Waals surface area contributed by atoms with Gasteiger partial charge in [0.25, 0.3) is 0 Å². The SMILES string of the molecule is Cc1ccc(C=CCCCO[C@@H](C(=O)OCc2ccccc2)[C@@H](OCC(=O)OC(C)(C)C)C(=O)O)cc1C. The summed E-state index contributed by atoms with van der Waals surface area (Å²) in [5.41, 5.74) is 3.48. The van der Waals surface area contributed by atoms with Gasteiger partial charge in [-0.15, -0.1) is 0 Å². The Morgan fingerprint density at radius 1 is 0.947 bits per heavy atom. The van der Waals surface area contributed by atoms with Crippen molar-refractivity contribution < 1.29 is 38.4 Å². The molecule has 2 rings (SSSR count). The van der Waals surface area contributed by atoms with Gasteiger partial charge >= 0.3 is 17.9 Å². The van der Waals surface area contributed by atoms with Crippen molar-refractivity contribution in [1.82, 2.24) is 0 Å². The molecule has 206 valence electrons. The number of hydrogen-bond donors (Lipinski definition) is 1. The fourth-order valence-electron chi connectivity index (χ4n) is 3.41. The van der Waals surface area contributed by atoms with E-state index < -0.39 is 42.3 Å². The van der Waals surface area contributed by atoms with Gasteiger partial charge in [-0.25, -0.2) is 14.4 Å². The van der Waals surface area contributed by atoms with E-state index in [0.29, 0.717) is 12.8 Å². The Morgan fingerprint density at radius 3 is 2.29 bits per heavy atom. The van der Waals surface area contributed by atoms with Crippen LogP contribution in [0.2, 0.25) is 0 Å². The average molecular weight is 527 g/mol. The smallest absolute Gasteiger partial charge is 0.338 e. The average Bonchev–Trinajstić information content (AvgIpc) is 2.84. The van der Waals surface area contributed by atoms with Crippen molar-refractivity contribution in [1.29, 1.82) is 0 Å². The topological polar surface area (TPSA) is 108 Å². The number of ether oxygens (including phenoxy) is 4. The van der Waals surface area contributed by atoms with Gasteiger partial charge in [0, 0.05) is 6.61 Å². The standard InChI is InChI=1S/C30H38O8/c1-21-15-16-23(18-22(21)2)12-10-7-11-17-35-27(29(34)37-19-24-13-8-6-9-14-24)26(28(32)33)36-20-25(31)38-30(3,4)5/h6,8-10,12-16,18,26-27H,7,11,17,19-20H2,1-5H3,(H,32,33)/t26-,27-/m1/s1. The number of unbranched alkanes of at least 4 members (excludes halogenated alkanes) is 1. The highest BCUT2D eigenvalue weighted by molar-refractivity contribution is 5.85. The molecule has 2 aromatic carbocycles. The molecule has 8 nitrogen and oxygen atoms in total. The van der Waals surface area contributed by atoms with Gasteiger partial charge in [0.05, 0.1) is 0 Å². The first-order valence-electron chi connectivity index (χ1n) is 12.6. The maximum absolute atomic E-state index is 12.9. The molecule has 0 aromatic heterocycles. The van der Waals surface area contributed by atoms with Crippen LogP contribution in [0.25, 0.3) is 6.08 Å². The number of allylic oxidation sites excluding steroid dienone is 1. The lowest BCUT2D eigenvalue weighted by atomic mass is 10.1. The summed E-state index contributed by atoms with van der Waals surface area (Å²) in [6.07, 6.45) is 1.85. The molecule has 0 spiro atoms. The van der Waals surface area contributed by atoms with Gasteiger partial charge in [0.15, 0.2) is 12.2 Å². The van der Waals surface area contributed by atoms with Gasteiger partial charge < -0.3 is 24.1 Å². The number of hydrogen-bond acceptors (Lipinski definition) is 7. The van der Waals surface area contributed by atoms with Crippen molar-refractivity contribution in [2.24, 2.45) is 0 Å². The van der Waals surface area contributed by atoms with Gasteiger partial charge in [-0.3, -0.25) is 0 Å². The van der Waals surface area contributed by atoms with Crippen LogP contribution in [0.1, 0.15) is 55.9 Å². The summed E-state index contributed by atoms with van der Waals surface area (Å²) in [7, 11) is 0. The number of benzene rings is 2. The van der Waals surface area contributed by atoms with E-state index in [1.807, 2.05) is 24.3 Å². The summed E-state index contributed by atoms with van der Waals surface area (Å²) in [5, 5.41) is 9.76. The predicted molar refractivity (Wildman–Crippen MR) is 143 cm³/mol. The monoisotopic (exact) mass is 526 g/mol. The zero-order chi connectivity index (χ0) is 28.1. The van der Waals surface area contributed by atoms with E-state index in [4.69, 9.17) is 18.9 Å². The minimum atomic E-state index is -1.75. The molecule has 2 atom stereocenters. The largest absolute Gasteiger partial charge is 0.479 e.